The Kier molecular flexibility index (Phi) is 4.88. The average molecular weight is 288 g/mol. The molecule has 0 atom stereocenters. The van der Waals surface area contributed by atoms with Gasteiger partial charge in [-0.2, -0.15) is 0 Å². The van der Waals surface area contributed by atoms with E-state index in [-0.39, 0.29) is 5.91 Å². The highest BCUT2D eigenvalue weighted by Crippen LogP contribution is 2.41. The number of nitrogens with one attached hydrogen (secondary N) is 1. The quantitative estimate of drug-likeness (QED) is 0.813. The Hall–Kier alpha value is -1.39. The monoisotopic (exact) mass is 288 g/mol. The summed E-state index contributed by atoms with van der Waals surface area (Å²) in [4.78, 5) is 13.9. The summed E-state index contributed by atoms with van der Waals surface area (Å²) in [6.45, 7) is 4.44. The summed E-state index contributed by atoms with van der Waals surface area (Å²) in [5, 5.41) is 3.42. The number of carbonyl (C=O) groups is 1. The molecule has 1 heterocycles. The van der Waals surface area contributed by atoms with E-state index in [1.165, 1.54) is 24.0 Å². The van der Waals surface area contributed by atoms with Crippen molar-refractivity contribution >= 4 is 5.91 Å². The Morgan fingerprint density at radius 2 is 2.00 bits per heavy atom. The molecule has 0 bridgehead atoms. The van der Waals surface area contributed by atoms with E-state index in [2.05, 4.69) is 29.6 Å². The van der Waals surface area contributed by atoms with Crippen LogP contribution in [0, 0.1) is 0 Å². The minimum atomic E-state index is 0.237. The molecule has 4 nitrogen and oxygen atoms in total. The van der Waals surface area contributed by atoms with E-state index in [9.17, 15) is 4.79 Å². The molecule has 1 aromatic rings. The van der Waals surface area contributed by atoms with Gasteiger partial charge in [0.2, 0.25) is 5.91 Å². The van der Waals surface area contributed by atoms with Gasteiger partial charge in [0, 0.05) is 32.6 Å². The molecule has 21 heavy (non-hydrogen) atoms. The normalized spacial score (nSPS) is 18.8. The van der Waals surface area contributed by atoms with E-state index < -0.39 is 0 Å². The molecule has 0 spiro atoms. The highest BCUT2D eigenvalue weighted by molar-refractivity contribution is 5.76. The number of carbonyl (C=O) groups excluding carboxylic acids is 1. The number of hydrogen-bond acceptors (Lipinski definition) is 3. The molecule has 1 N–H and O–H groups in total. The van der Waals surface area contributed by atoms with Gasteiger partial charge in [-0.05, 0) is 29.9 Å². The van der Waals surface area contributed by atoms with Crippen LogP contribution in [0.1, 0.15) is 36.3 Å². The van der Waals surface area contributed by atoms with Gasteiger partial charge < -0.3 is 15.0 Å². The van der Waals surface area contributed by atoms with Gasteiger partial charge in [0.15, 0.2) is 0 Å². The van der Waals surface area contributed by atoms with Crippen molar-refractivity contribution in [1.82, 2.24) is 10.2 Å². The molecule has 0 radical (unpaired) electrons. The van der Waals surface area contributed by atoms with E-state index >= 15 is 0 Å². The fraction of sp³-hybridized carbons (Fsp3) is 0.588. The molecule has 0 unspecified atom stereocenters. The van der Waals surface area contributed by atoms with Crippen molar-refractivity contribution in [2.24, 2.45) is 0 Å². The first-order valence-electron chi connectivity index (χ1n) is 7.98. The van der Waals surface area contributed by atoms with Crippen LogP contribution in [-0.2, 0) is 16.1 Å². The van der Waals surface area contributed by atoms with Crippen molar-refractivity contribution in [3.63, 3.8) is 0 Å². The number of nitrogens with zero attached hydrogens (tertiary/aromatic N) is 1. The van der Waals surface area contributed by atoms with E-state index in [0.29, 0.717) is 19.6 Å². The van der Waals surface area contributed by atoms with Gasteiger partial charge in [0.05, 0.1) is 13.2 Å². The van der Waals surface area contributed by atoms with E-state index in [1.54, 1.807) is 0 Å². The Bertz CT molecular complexity index is 479. The van der Waals surface area contributed by atoms with Gasteiger partial charge >= 0.3 is 0 Å². The summed E-state index contributed by atoms with van der Waals surface area (Å²) < 4.78 is 5.27. The van der Waals surface area contributed by atoms with Crippen molar-refractivity contribution in [1.29, 1.82) is 0 Å². The highest BCUT2D eigenvalue weighted by Gasteiger charge is 2.25. The second-order valence-electron chi connectivity index (χ2n) is 5.89. The maximum absolute atomic E-state index is 12.0. The summed E-state index contributed by atoms with van der Waals surface area (Å²) in [7, 11) is 0. The molecular weight excluding hydrogens is 264 g/mol. The SMILES string of the molecule is O=C(CCNCc1ccccc1C1CC1)N1CCOCC1. The third kappa shape index (κ3) is 4.05. The fourth-order valence-electron chi connectivity index (χ4n) is 2.88. The van der Waals surface area contributed by atoms with Crippen LogP contribution in [0.3, 0.4) is 0 Å². The molecule has 3 rings (SSSR count). The van der Waals surface area contributed by atoms with Crippen molar-refractivity contribution in [2.45, 2.75) is 31.7 Å². The molecule has 1 aliphatic heterocycles. The Morgan fingerprint density at radius 1 is 1.24 bits per heavy atom. The molecule has 0 aromatic heterocycles. The second kappa shape index (κ2) is 7.05. The van der Waals surface area contributed by atoms with Crippen molar-refractivity contribution in [3.8, 4) is 0 Å². The topological polar surface area (TPSA) is 41.6 Å². The zero-order chi connectivity index (χ0) is 14.5. The minimum Gasteiger partial charge on any atom is -0.378 e. The summed E-state index contributed by atoms with van der Waals surface area (Å²) in [5.41, 5.74) is 2.88. The number of benzene rings is 1. The van der Waals surface area contributed by atoms with Crippen molar-refractivity contribution in [3.05, 3.63) is 35.4 Å². The first-order chi connectivity index (χ1) is 10.3. The predicted octanol–water partition coefficient (Wildman–Crippen LogP) is 1.90. The van der Waals surface area contributed by atoms with Crippen LogP contribution in [0.15, 0.2) is 24.3 Å². The van der Waals surface area contributed by atoms with Crippen LogP contribution in [-0.4, -0.2) is 43.7 Å². The smallest absolute Gasteiger partial charge is 0.224 e. The minimum absolute atomic E-state index is 0.237. The van der Waals surface area contributed by atoms with Gasteiger partial charge in [-0.1, -0.05) is 24.3 Å². The van der Waals surface area contributed by atoms with E-state index in [1.807, 2.05) is 4.90 Å². The van der Waals surface area contributed by atoms with Crippen LogP contribution >= 0.6 is 0 Å². The summed E-state index contributed by atoms with van der Waals surface area (Å²) in [6, 6.07) is 8.67. The van der Waals surface area contributed by atoms with Crippen molar-refractivity contribution < 1.29 is 9.53 Å². The molecule has 1 aliphatic carbocycles. The van der Waals surface area contributed by atoms with E-state index in [4.69, 9.17) is 4.74 Å². The van der Waals surface area contributed by atoms with Crippen LogP contribution in [0.25, 0.3) is 0 Å². The van der Waals surface area contributed by atoms with E-state index in [0.717, 1.165) is 32.1 Å². The molecule has 2 aliphatic rings. The van der Waals surface area contributed by atoms with Gasteiger partial charge in [-0.3, -0.25) is 4.79 Å². The lowest BCUT2D eigenvalue weighted by molar-refractivity contribution is -0.135. The molecule has 1 saturated heterocycles. The summed E-state index contributed by atoms with van der Waals surface area (Å²) in [6.07, 6.45) is 3.23. The standard InChI is InChI=1S/C17H24N2O2/c20-17(19-9-11-21-12-10-19)7-8-18-13-15-3-1-2-4-16(15)14-5-6-14/h1-4,14,18H,5-13H2. The zero-order valence-electron chi connectivity index (χ0n) is 12.5. The molecule has 114 valence electrons. The van der Waals surface area contributed by atoms with Gasteiger partial charge in [0.25, 0.3) is 0 Å². The largest absolute Gasteiger partial charge is 0.378 e. The van der Waals surface area contributed by atoms with Crippen LogP contribution in [0.2, 0.25) is 0 Å². The fourth-order valence-corrected chi connectivity index (χ4v) is 2.88. The van der Waals surface area contributed by atoms with Gasteiger partial charge in [-0.15, -0.1) is 0 Å². The Labute approximate surface area is 126 Å². The predicted molar refractivity (Wildman–Crippen MR) is 82.1 cm³/mol. The maximum Gasteiger partial charge on any atom is 0.224 e. The Balaban J connectivity index is 1.41. The number of rotatable bonds is 6. The van der Waals surface area contributed by atoms with Crippen LogP contribution < -0.4 is 5.32 Å². The third-order valence-corrected chi connectivity index (χ3v) is 4.27. The molecular formula is C17H24N2O2. The lowest BCUT2D eigenvalue weighted by Crippen LogP contribution is -2.41. The molecule has 4 heteroatoms. The molecule has 2 fully saturated rings. The number of hydrogen-bond donors (Lipinski definition) is 1. The molecule has 1 amide bonds. The Morgan fingerprint density at radius 3 is 2.76 bits per heavy atom. The number of morpholine rings is 1. The maximum atomic E-state index is 12.0. The lowest BCUT2D eigenvalue weighted by Gasteiger charge is -2.26. The summed E-state index contributed by atoms with van der Waals surface area (Å²) >= 11 is 0. The third-order valence-electron chi connectivity index (χ3n) is 4.27. The molecule has 1 saturated carbocycles. The first kappa shape index (κ1) is 14.5. The number of ether oxygens (including phenoxy) is 1. The van der Waals surface area contributed by atoms with Crippen LogP contribution in [0.4, 0.5) is 0 Å². The van der Waals surface area contributed by atoms with Crippen LogP contribution in [0.5, 0.6) is 0 Å². The lowest BCUT2D eigenvalue weighted by atomic mass is 10.0. The molecule has 1 aromatic carbocycles. The average Bonchev–Trinajstić information content (AvgIpc) is 3.37. The summed E-state index contributed by atoms with van der Waals surface area (Å²) in [5.74, 6) is 1.01. The highest BCUT2D eigenvalue weighted by atomic mass is 16.5. The van der Waals surface area contributed by atoms with Gasteiger partial charge in [-0.25, -0.2) is 0 Å². The van der Waals surface area contributed by atoms with Gasteiger partial charge in [0.1, 0.15) is 0 Å². The zero-order valence-corrected chi connectivity index (χ0v) is 12.5. The first-order valence-corrected chi connectivity index (χ1v) is 7.98. The second-order valence-corrected chi connectivity index (χ2v) is 5.89. The van der Waals surface area contributed by atoms with Crippen molar-refractivity contribution in [2.75, 3.05) is 32.8 Å². The number of amides is 1.